The predicted molar refractivity (Wildman–Crippen MR) is 54.8 cm³/mol. The SMILES string of the molecule is O=S(=O)(N(SOOF)c1ccccc1)C(F)(F)F. The van der Waals surface area contributed by atoms with Crippen molar-refractivity contribution in [2.45, 2.75) is 5.51 Å². The number of hydrogen-bond donors (Lipinski definition) is 0. The summed E-state index contributed by atoms with van der Waals surface area (Å²) in [6, 6.07) is 6.19. The van der Waals surface area contributed by atoms with E-state index in [1.54, 1.807) is 0 Å². The Morgan fingerprint density at radius 3 is 2.17 bits per heavy atom. The van der Waals surface area contributed by atoms with E-state index in [9.17, 15) is 26.1 Å². The van der Waals surface area contributed by atoms with E-state index < -0.39 is 27.8 Å². The normalized spacial score (nSPS) is 12.4. The maximum atomic E-state index is 12.4. The van der Waals surface area contributed by atoms with E-state index in [1.165, 1.54) is 18.2 Å². The number of rotatable bonds is 5. The van der Waals surface area contributed by atoms with Crippen LogP contribution in [0.25, 0.3) is 0 Å². The predicted octanol–water partition coefficient (Wildman–Crippen LogP) is 2.74. The van der Waals surface area contributed by atoms with Crippen LogP contribution in [-0.2, 0) is 19.4 Å². The zero-order valence-corrected chi connectivity index (χ0v) is 9.93. The van der Waals surface area contributed by atoms with Crippen LogP contribution in [0.4, 0.5) is 23.4 Å². The van der Waals surface area contributed by atoms with Crippen molar-refractivity contribution in [1.82, 2.24) is 0 Å². The number of anilines is 1. The largest absolute Gasteiger partial charge is 0.517 e. The van der Waals surface area contributed by atoms with E-state index in [0.29, 0.717) is 0 Å². The fourth-order valence-corrected chi connectivity index (χ4v) is 2.43. The highest BCUT2D eigenvalue weighted by molar-refractivity contribution is 8.12. The average Bonchev–Trinajstić information content (AvgIpc) is 2.29. The second-order valence-electron chi connectivity index (χ2n) is 2.72. The fourth-order valence-electron chi connectivity index (χ4n) is 0.905. The second kappa shape index (κ2) is 5.73. The molecule has 0 radical (unpaired) electrons. The van der Waals surface area contributed by atoms with Crippen molar-refractivity contribution in [2.75, 3.05) is 3.71 Å². The molecule has 0 spiro atoms. The molecular weight excluding hydrogens is 302 g/mol. The van der Waals surface area contributed by atoms with Crippen LogP contribution in [0.1, 0.15) is 0 Å². The zero-order chi connectivity index (χ0) is 13.8. The maximum Gasteiger partial charge on any atom is 0.517 e. The van der Waals surface area contributed by atoms with Crippen molar-refractivity contribution in [3.05, 3.63) is 30.3 Å². The Kier molecular flexibility index (Phi) is 4.78. The number of nitrogens with zero attached hydrogens (tertiary/aromatic N) is 1. The molecular formula is C7H5F4NO4S2. The number of halogens is 4. The summed E-state index contributed by atoms with van der Waals surface area (Å²) in [6.45, 7) is 0. The molecule has 18 heavy (non-hydrogen) atoms. The molecule has 1 aromatic rings. The second-order valence-corrected chi connectivity index (χ2v) is 5.38. The molecule has 1 rings (SSSR count). The Balaban J connectivity index is 3.15. The summed E-state index contributed by atoms with van der Waals surface area (Å²) in [5, 5.41) is 2.59. The number of para-hydroxylation sites is 1. The third-order valence-electron chi connectivity index (χ3n) is 1.60. The van der Waals surface area contributed by atoms with Gasteiger partial charge in [-0.05, 0) is 21.8 Å². The zero-order valence-electron chi connectivity index (χ0n) is 8.30. The lowest BCUT2D eigenvalue weighted by Gasteiger charge is -2.21. The number of benzene rings is 1. The Morgan fingerprint density at radius 1 is 1.17 bits per heavy atom. The lowest BCUT2D eigenvalue weighted by atomic mass is 10.3. The first-order valence-corrected chi connectivity index (χ1v) is 6.23. The highest BCUT2D eigenvalue weighted by Gasteiger charge is 2.51. The van der Waals surface area contributed by atoms with E-state index in [4.69, 9.17) is 0 Å². The first-order valence-electron chi connectivity index (χ1n) is 4.09. The Bertz CT molecular complexity index is 478. The molecule has 0 amide bonds. The van der Waals surface area contributed by atoms with Gasteiger partial charge in [-0.15, -0.1) is 4.33 Å². The summed E-state index contributed by atoms with van der Waals surface area (Å²) < 4.78 is 74.0. The Morgan fingerprint density at radius 2 is 1.72 bits per heavy atom. The first kappa shape index (κ1) is 15.0. The monoisotopic (exact) mass is 307 g/mol. The Labute approximate surface area is 104 Å². The molecule has 0 saturated heterocycles. The molecule has 0 heterocycles. The standard InChI is InChI=1S/C7H5F4NO4S2/c8-7(9,10)18(13,14)12(17-16-15-11)6-4-2-1-3-5-6/h1-5H. The molecule has 0 aromatic heterocycles. The molecule has 0 aliphatic rings. The van der Waals surface area contributed by atoms with Crippen LogP contribution in [-0.4, -0.2) is 13.9 Å². The van der Waals surface area contributed by atoms with Gasteiger partial charge in [-0.2, -0.15) is 25.3 Å². The molecule has 102 valence electrons. The summed E-state index contributed by atoms with van der Waals surface area (Å²) in [5.41, 5.74) is -5.94. The highest BCUT2D eigenvalue weighted by atomic mass is 32.3. The summed E-state index contributed by atoms with van der Waals surface area (Å²) in [5.74, 6) is 0. The van der Waals surface area contributed by atoms with Gasteiger partial charge < -0.3 is 0 Å². The molecule has 0 atom stereocenters. The third kappa shape index (κ3) is 3.25. The summed E-state index contributed by atoms with van der Waals surface area (Å²) >= 11 is -0.463. The van der Waals surface area contributed by atoms with E-state index in [1.807, 2.05) is 0 Å². The van der Waals surface area contributed by atoms with Crippen LogP contribution in [0.2, 0.25) is 0 Å². The third-order valence-corrected chi connectivity index (χ3v) is 4.06. The molecule has 5 nitrogen and oxygen atoms in total. The number of hydrogen-bond acceptors (Lipinski definition) is 5. The van der Waals surface area contributed by atoms with E-state index in [2.05, 4.69) is 9.43 Å². The number of alkyl halides is 3. The van der Waals surface area contributed by atoms with Gasteiger partial charge in [-0.1, -0.05) is 18.2 Å². The van der Waals surface area contributed by atoms with E-state index in [0.717, 1.165) is 12.1 Å². The van der Waals surface area contributed by atoms with Gasteiger partial charge >= 0.3 is 15.5 Å². The Hall–Kier alpha value is -1.04. The summed E-state index contributed by atoms with van der Waals surface area (Å²) in [4.78, 5) is 0. The lowest BCUT2D eigenvalue weighted by molar-refractivity contribution is -0.358. The van der Waals surface area contributed by atoms with Crippen molar-refractivity contribution < 1.29 is 35.5 Å². The van der Waals surface area contributed by atoms with Gasteiger partial charge in [0.25, 0.3) is 0 Å². The minimum Gasteiger partial charge on any atom is -0.196 e. The van der Waals surface area contributed by atoms with Gasteiger partial charge in [0, 0.05) is 0 Å². The molecule has 0 aliphatic carbocycles. The van der Waals surface area contributed by atoms with Crippen molar-refractivity contribution in [3.8, 4) is 0 Å². The lowest BCUT2D eigenvalue weighted by Crippen LogP contribution is -2.36. The molecule has 0 unspecified atom stereocenters. The minimum absolute atomic E-state index is 0.257. The minimum atomic E-state index is -5.74. The number of sulfonamides is 1. The molecule has 1 aromatic carbocycles. The molecule has 0 N–H and O–H groups in total. The molecule has 0 bridgehead atoms. The summed E-state index contributed by atoms with van der Waals surface area (Å²) in [7, 11) is -5.74. The molecule has 11 heteroatoms. The van der Waals surface area contributed by atoms with Crippen molar-refractivity contribution in [1.29, 1.82) is 0 Å². The van der Waals surface area contributed by atoms with E-state index in [-0.39, 0.29) is 9.40 Å². The highest BCUT2D eigenvalue weighted by Crippen LogP contribution is 2.35. The van der Waals surface area contributed by atoms with Crippen LogP contribution >= 0.6 is 12.2 Å². The van der Waals surface area contributed by atoms with Crippen LogP contribution in [0.15, 0.2) is 30.3 Å². The van der Waals surface area contributed by atoms with Gasteiger partial charge in [0.1, 0.15) is 0 Å². The average molecular weight is 307 g/mol. The van der Waals surface area contributed by atoms with E-state index >= 15 is 0 Å². The van der Waals surface area contributed by atoms with Gasteiger partial charge in [0.05, 0.1) is 5.69 Å². The molecule has 0 fully saturated rings. The van der Waals surface area contributed by atoms with Crippen molar-refractivity contribution in [3.63, 3.8) is 0 Å². The fraction of sp³-hybridized carbons (Fsp3) is 0.143. The van der Waals surface area contributed by atoms with Gasteiger partial charge in [0.15, 0.2) is 12.2 Å². The van der Waals surface area contributed by atoms with Gasteiger partial charge in [-0.3, -0.25) is 0 Å². The first-order chi connectivity index (χ1) is 8.30. The molecule has 0 saturated carbocycles. The quantitative estimate of drug-likeness (QED) is 0.275. The summed E-state index contributed by atoms with van der Waals surface area (Å²) in [6.07, 6.45) is 0. The smallest absolute Gasteiger partial charge is 0.196 e. The van der Waals surface area contributed by atoms with Gasteiger partial charge in [0.2, 0.25) is 0 Å². The van der Waals surface area contributed by atoms with Crippen LogP contribution < -0.4 is 3.71 Å². The van der Waals surface area contributed by atoms with Crippen molar-refractivity contribution >= 4 is 27.9 Å². The van der Waals surface area contributed by atoms with Crippen LogP contribution in [0.5, 0.6) is 0 Å². The molecule has 0 aliphatic heterocycles. The van der Waals surface area contributed by atoms with Crippen LogP contribution in [0.3, 0.4) is 0 Å². The van der Waals surface area contributed by atoms with Crippen molar-refractivity contribution in [2.24, 2.45) is 0 Å². The topological polar surface area (TPSA) is 55.8 Å². The van der Waals surface area contributed by atoms with Gasteiger partial charge in [-0.25, -0.2) is 0 Å². The van der Waals surface area contributed by atoms with Crippen LogP contribution in [0, 0.1) is 0 Å². The maximum absolute atomic E-state index is 12.4.